The van der Waals surface area contributed by atoms with Gasteiger partial charge in [0, 0.05) is 24.7 Å². The van der Waals surface area contributed by atoms with Crippen molar-refractivity contribution in [3.05, 3.63) is 0 Å². The molecule has 2 nitrogen and oxygen atoms in total. The summed E-state index contributed by atoms with van der Waals surface area (Å²) in [5.74, 6) is 0.786. The third kappa shape index (κ3) is 2.68. The predicted octanol–water partition coefficient (Wildman–Crippen LogP) is 1.84. The van der Waals surface area contributed by atoms with Gasteiger partial charge in [-0.25, -0.2) is 0 Å². The fourth-order valence-corrected chi connectivity index (χ4v) is 2.07. The van der Waals surface area contributed by atoms with E-state index in [-0.39, 0.29) is 5.54 Å². The highest BCUT2D eigenvalue weighted by Gasteiger charge is 2.33. The Labute approximate surface area is 82.5 Å². The molecule has 13 heavy (non-hydrogen) atoms. The third-order valence-electron chi connectivity index (χ3n) is 3.58. The molecule has 2 N–H and O–H groups in total. The van der Waals surface area contributed by atoms with Crippen molar-refractivity contribution < 1.29 is 0 Å². The highest BCUT2D eigenvalue weighted by molar-refractivity contribution is 4.92. The van der Waals surface area contributed by atoms with Crippen LogP contribution in [0.4, 0.5) is 0 Å². The Morgan fingerprint density at radius 3 is 2.46 bits per heavy atom. The van der Waals surface area contributed by atoms with E-state index in [4.69, 9.17) is 5.73 Å². The molecule has 1 aliphatic heterocycles. The molecule has 0 amide bonds. The zero-order valence-electron chi connectivity index (χ0n) is 9.51. The molecule has 0 radical (unpaired) electrons. The maximum Gasteiger partial charge on any atom is 0.0267 e. The molecule has 0 aromatic heterocycles. The molecule has 0 saturated carbocycles. The van der Waals surface area contributed by atoms with Crippen LogP contribution < -0.4 is 5.73 Å². The second kappa shape index (κ2) is 3.97. The molecule has 0 aliphatic carbocycles. The lowest BCUT2D eigenvalue weighted by atomic mass is 9.99. The maximum atomic E-state index is 6.11. The molecular weight excluding hydrogens is 160 g/mol. The van der Waals surface area contributed by atoms with Gasteiger partial charge in [-0.3, -0.25) is 4.90 Å². The maximum absolute atomic E-state index is 6.11. The lowest BCUT2D eigenvalue weighted by Gasteiger charge is -2.30. The standard InChI is InChI=1S/C11H24N2/c1-5-9(2)10(3)13-7-6-11(4,12)8-13/h9-10H,5-8,12H2,1-4H3. The first-order valence-electron chi connectivity index (χ1n) is 5.49. The highest BCUT2D eigenvalue weighted by Crippen LogP contribution is 2.24. The van der Waals surface area contributed by atoms with Crippen LogP contribution in [0.3, 0.4) is 0 Å². The van der Waals surface area contributed by atoms with Gasteiger partial charge in [0.15, 0.2) is 0 Å². The van der Waals surface area contributed by atoms with Crippen molar-refractivity contribution in [1.82, 2.24) is 4.90 Å². The predicted molar refractivity (Wildman–Crippen MR) is 57.7 cm³/mol. The lowest BCUT2D eigenvalue weighted by Crippen LogP contribution is -2.43. The lowest BCUT2D eigenvalue weighted by molar-refractivity contribution is 0.186. The molecule has 78 valence electrons. The summed E-state index contributed by atoms with van der Waals surface area (Å²) in [5.41, 5.74) is 6.16. The topological polar surface area (TPSA) is 29.3 Å². The number of likely N-dealkylation sites (tertiary alicyclic amines) is 1. The van der Waals surface area contributed by atoms with Crippen LogP contribution in [0.1, 0.15) is 40.5 Å². The molecule has 0 aromatic rings. The summed E-state index contributed by atoms with van der Waals surface area (Å²) in [6, 6.07) is 0.690. The molecule has 3 unspecified atom stereocenters. The van der Waals surface area contributed by atoms with Crippen molar-refractivity contribution in [2.45, 2.75) is 52.1 Å². The molecule has 0 bridgehead atoms. The number of nitrogens with zero attached hydrogens (tertiary/aromatic N) is 1. The van der Waals surface area contributed by atoms with E-state index in [9.17, 15) is 0 Å². The van der Waals surface area contributed by atoms with Crippen molar-refractivity contribution in [2.24, 2.45) is 11.7 Å². The van der Waals surface area contributed by atoms with Crippen LogP contribution in [0.2, 0.25) is 0 Å². The second-order valence-corrected chi connectivity index (χ2v) is 5.00. The zero-order chi connectivity index (χ0) is 10.1. The van der Waals surface area contributed by atoms with E-state index in [1.165, 1.54) is 13.0 Å². The molecule has 1 heterocycles. The molecule has 0 aromatic carbocycles. The van der Waals surface area contributed by atoms with Crippen molar-refractivity contribution in [2.75, 3.05) is 13.1 Å². The Kier molecular flexibility index (Phi) is 3.36. The van der Waals surface area contributed by atoms with Gasteiger partial charge < -0.3 is 5.73 Å². The summed E-state index contributed by atoms with van der Waals surface area (Å²) in [5, 5.41) is 0. The smallest absolute Gasteiger partial charge is 0.0267 e. The third-order valence-corrected chi connectivity index (χ3v) is 3.58. The number of hydrogen-bond donors (Lipinski definition) is 1. The minimum Gasteiger partial charge on any atom is -0.324 e. The molecule has 3 atom stereocenters. The van der Waals surface area contributed by atoms with Crippen molar-refractivity contribution in [3.63, 3.8) is 0 Å². The minimum absolute atomic E-state index is 0.0573. The van der Waals surface area contributed by atoms with E-state index in [0.717, 1.165) is 18.9 Å². The molecule has 1 saturated heterocycles. The summed E-state index contributed by atoms with van der Waals surface area (Å²) < 4.78 is 0. The van der Waals surface area contributed by atoms with Gasteiger partial charge in [-0.05, 0) is 26.2 Å². The SMILES string of the molecule is CCC(C)C(C)N1CCC(C)(N)C1. The van der Waals surface area contributed by atoms with Crippen LogP contribution in [-0.4, -0.2) is 29.6 Å². The monoisotopic (exact) mass is 184 g/mol. The fraction of sp³-hybridized carbons (Fsp3) is 1.00. The van der Waals surface area contributed by atoms with Gasteiger partial charge in [0.05, 0.1) is 0 Å². The first-order chi connectivity index (χ1) is 5.96. The molecule has 1 fully saturated rings. The number of hydrogen-bond acceptors (Lipinski definition) is 2. The van der Waals surface area contributed by atoms with E-state index in [1.807, 2.05) is 0 Å². The Balaban J connectivity index is 2.46. The van der Waals surface area contributed by atoms with E-state index >= 15 is 0 Å². The summed E-state index contributed by atoms with van der Waals surface area (Å²) in [6.45, 7) is 11.3. The summed E-state index contributed by atoms with van der Waals surface area (Å²) in [6.07, 6.45) is 2.41. The number of rotatable bonds is 3. The highest BCUT2D eigenvalue weighted by atomic mass is 15.2. The molecule has 2 heteroatoms. The van der Waals surface area contributed by atoms with Gasteiger partial charge in [-0.2, -0.15) is 0 Å². The van der Waals surface area contributed by atoms with Gasteiger partial charge >= 0.3 is 0 Å². The summed E-state index contributed by atoms with van der Waals surface area (Å²) in [7, 11) is 0. The van der Waals surface area contributed by atoms with Crippen LogP contribution in [-0.2, 0) is 0 Å². The fourth-order valence-electron chi connectivity index (χ4n) is 2.07. The first-order valence-corrected chi connectivity index (χ1v) is 5.49. The Bertz CT molecular complexity index is 165. The van der Waals surface area contributed by atoms with Gasteiger partial charge in [-0.15, -0.1) is 0 Å². The van der Waals surface area contributed by atoms with Gasteiger partial charge in [0.2, 0.25) is 0 Å². The summed E-state index contributed by atoms with van der Waals surface area (Å²) >= 11 is 0. The minimum atomic E-state index is 0.0573. The van der Waals surface area contributed by atoms with E-state index < -0.39 is 0 Å². The molecule has 0 spiro atoms. The van der Waals surface area contributed by atoms with Crippen LogP contribution >= 0.6 is 0 Å². The molecule has 1 rings (SSSR count). The first kappa shape index (κ1) is 11.0. The van der Waals surface area contributed by atoms with Gasteiger partial charge in [0.25, 0.3) is 0 Å². The van der Waals surface area contributed by atoms with Gasteiger partial charge in [-0.1, -0.05) is 20.3 Å². The van der Waals surface area contributed by atoms with E-state index in [1.54, 1.807) is 0 Å². The average Bonchev–Trinajstić information content (AvgIpc) is 2.43. The Morgan fingerprint density at radius 2 is 2.08 bits per heavy atom. The largest absolute Gasteiger partial charge is 0.324 e. The molecular formula is C11H24N2. The van der Waals surface area contributed by atoms with Crippen LogP contribution in [0, 0.1) is 5.92 Å². The van der Waals surface area contributed by atoms with Crippen molar-refractivity contribution in [1.29, 1.82) is 0 Å². The zero-order valence-corrected chi connectivity index (χ0v) is 9.51. The quantitative estimate of drug-likeness (QED) is 0.725. The summed E-state index contributed by atoms with van der Waals surface area (Å²) in [4.78, 5) is 2.54. The normalized spacial score (nSPS) is 34.8. The second-order valence-electron chi connectivity index (χ2n) is 5.00. The van der Waals surface area contributed by atoms with E-state index in [2.05, 4.69) is 32.6 Å². The van der Waals surface area contributed by atoms with Crippen molar-refractivity contribution >= 4 is 0 Å². The van der Waals surface area contributed by atoms with Gasteiger partial charge in [0.1, 0.15) is 0 Å². The van der Waals surface area contributed by atoms with Crippen LogP contribution in [0.15, 0.2) is 0 Å². The van der Waals surface area contributed by atoms with Crippen LogP contribution in [0.25, 0.3) is 0 Å². The Hall–Kier alpha value is -0.0800. The number of nitrogens with two attached hydrogens (primary N) is 1. The van der Waals surface area contributed by atoms with E-state index in [0.29, 0.717) is 6.04 Å². The van der Waals surface area contributed by atoms with Crippen molar-refractivity contribution in [3.8, 4) is 0 Å². The average molecular weight is 184 g/mol. The van der Waals surface area contributed by atoms with Crippen LogP contribution in [0.5, 0.6) is 0 Å². The molecule has 1 aliphatic rings. The Morgan fingerprint density at radius 1 is 1.46 bits per heavy atom.